The molecule has 4 heteroatoms. The Kier molecular flexibility index (Phi) is 4.93. The van der Waals surface area contributed by atoms with E-state index in [9.17, 15) is 4.79 Å². The van der Waals surface area contributed by atoms with Crippen molar-refractivity contribution < 1.29 is 14.6 Å². The maximum atomic E-state index is 12.1. The highest BCUT2D eigenvalue weighted by molar-refractivity contribution is 7.12. The van der Waals surface area contributed by atoms with Crippen LogP contribution in [0.4, 0.5) is 0 Å². The van der Waals surface area contributed by atoms with Crippen LogP contribution < -0.4 is 4.74 Å². The molecule has 0 bridgehead atoms. The molecule has 0 spiro atoms. The summed E-state index contributed by atoms with van der Waals surface area (Å²) >= 11 is 1.63. The van der Waals surface area contributed by atoms with Crippen LogP contribution >= 0.6 is 11.3 Å². The lowest BCUT2D eigenvalue weighted by Gasteiger charge is -2.06. The maximum absolute atomic E-state index is 12.1. The van der Waals surface area contributed by atoms with Gasteiger partial charge in [0.1, 0.15) is 5.75 Å². The second-order valence-electron chi connectivity index (χ2n) is 4.66. The molecule has 0 fully saturated rings. The molecular formula is C16H18O3S. The van der Waals surface area contributed by atoms with Crippen molar-refractivity contribution in [2.24, 2.45) is 0 Å². The van der Waals surface area contributed by atoms with Gasteiger partial charge in [-0.1, -0.05) is 12.1 Å². The van der Waals surface area contributed by atoms with Gasteiger partial charge in [0, 0.05) is 21.9 Å². The fourth-order valence-electron chi connectivity index (χ4n) is 2.02. The van der Waals surface area contributed by atoms with Gasteiger partial charge < -0.3 is 9.84 Å². The second kappa shape index (κ2) is 6.68. The number of benzene rings is 1. The van der Waals surface area contributed by atoms with E-state index in [-0.39, 0.29) is 19.0 Å². The van der Waals surface area contributed by atoms with Gasteiger partial charge in [0.05, 0.1) is 0 Å². The smallest absolute Gasteiger partial charge is 0.201 e. The molecule has 106 valence electrons. The summed E-state index contributed by atoms with van der Waals surface area (Å²) in [5, 5.41) is 8.84. The zero-order valence-corrected chi connectivity index (χ0v) is 12.5. The van der Waals surface area contributed by atoms with Gasteiger partial charge in [-0.15, -0.1) is 11.3 Å². The van der Waals surface area contributed by atoms with Gasteiger partial charge in [0.2, 0.25) is 5.78 Å². The third kappa shape index (κ3) is 3.68. The molecule has 1 heterocycles. The Balaban J connectivity index is 1.94. The number of hydrogen-bond donors (Lipinski definition) is 1. The standard InChI is InChI=1S/C16H18O3S/c1-11-9-15(12(2)20-11)16(18)10-19-14-5-3-13(4-6-14)7-8-17/h3-6,9,17H,7-8,10H2,1-2H3. The number of aliphatic hydroxyl groups excluding tert-OH is 1. The van der Waals surface area contributed by atoms with Gasteiger partial charge >= 0.3 is 0 Å². The Hall–Kier alpha value is -1.65. The zero-order chi connectivity index (χ0) is 14.5. The molecule has 0 aliphatic rings. The van der Waals surface area contributed by atoms with Gasteiger partial charge in [-0.2, -0.15) is 0 Å². The molecule has 0 atom stereocenters. The minimum Gasteiger partial charge on any atom is -0.485 e. The minimum atomic E-state index is 0.00582. The Morgan fingerprint density at radius 1 is 1.25 bits per heavy atom. The van der Waals surface area contributed by atoms with E-state index in [4.69, 9.17) is 9.84 Å². The van der Waals surface area contributed by atoms with E-state index < -0.39 is 0 Å². The fourth-order valence-corrected chi connectivity index (χ4v) is 2.96. The molecule has 1 aromatic heterocycles. The van der Waals surface area contributed by atoms with E-state index in [1.807, 2.05) is 44.2 Å². The summed E-state index contributed by atoms with van der Waals surface area (Å²) in [5.41, 5.74) is 1.81. The lowest BCUT2D eigenvalue weighted by molar-refractivity contribution is 0.0921. The molecule has 1 aromatic carbocycles. The summed E-state index contributed by atoms with van der Waals surface area (Å²) in [6, 6.07) is 9.36. The molecule has 0 saturated heterocycles. The van der Waals surface area contributed by atoms with Crippen LogP contribution in [0.15, 0.2) is 30.3 Å². The van der Waals surface area contributed by atoms with Crippen LogP contribution in [0.2, 0.25) is 0 Å². The molecule has 0 aliphatic carbocycles. The molecule has 1 N–H and O–H groups in total. The number of aliphatic hydroxyl groups is 1. The predicted molar refractivity (Wildman–Crippen MR) is 80.9 cm³/mol. The van der Waals surface area contributed by atoms with Crippen molar-refractivity contribution in [1.82, 2.24) is 0 Å². The number of rotatable bonds is 6. The summed E-state index contributed by atoms with van der Waals surface area (Å²) in [7, 11) is 0. The lowest BCUT2D eigenvalue weighted by Crippen LogP contribution is -2.11. The summed E-state index contributed by atoms with van der Waals surface area (Å²) in [6.45, 7) is 4.13. The lowest BCUT2D eigenvalue weighted by atomic mass is 10.1. The highest BCUT2D eigenvalue weighted by Gasteiger charge is 2.12. The number of aryl methyl sites for hydroxylation is 2. The largest absolute Gasteiger partial charge is 0.485 e. The van der Waals surface area contributed by atoms with E-state index in [1.54, 1.807) is 11.3 Å². The van der Waals surface area contributed by atoms with Crippen molar-refractivity contribution in [3.05, 3.63) is 51.2 Å². The first-order chi connectivity index (χ1) is 9.60. The van der Waals surface area contributed by atoms with Crippen molar-refractivity contribution in [3.8, 4) is 5.75 Å². The van der Waals surface area contributed by atoms with Crippen molar-refractivity contribution in [3.63, 3.8) is 0 Å². The Bertz CT molecular complexity index is 584. The van der Waals surface area contributed by atoms with Crippen molar-refractivity contribution >= 4 is 17.1 Å². The highest BCUT2D eigenvalue weighted by Crippen LogP contribution is 2.21. The molecule has 0 radical (unpaired) electrons. The van der Waals surface area contributed by atoms with Crippen LogP contribution in [-0.2, 0) is 6.42 Å². The molecule has 0 aliphatic heterocycles. The number of ketones is 1. The van der Waals surface area contributed by atoms with Gasteiger partial charge in [0.25, 0.3) is 0 Å². The van der Waals surface area contributed by atoms with E-state index in [1.165, 1.54) is 0 Å². The topological polar surface area (TPSA) is 46.5 Å². The Morgan fingerprint density at radius 2 is 1.95 bits per heavy atom. The average Bonchev–Trinajstić information content (AvgIpc) is 2.77. The van der Waals surface area contributed by atoms with Gasteiger partial charge in [-0.25, -0.2) is 0 Å². The van der Waals surface area contributed by atoms with E-state index in [0.29, 0.717) is 12.2 Å². The van der Waals surface area contributed by atoms with Crippen LogP contribution in [0.3, 0.4) is 0 Å². The molecule has 0 amide bonds. The van der Waals surface area contributed by atoms with Gasteiger partial charge in [-0.3, -0.25) is 4.79 Å². The number of ether oxygens (including phenoxy) is 1. The molecule has 3 nitrogen and oxygen atoms in total. The first-order valence-electron chi connectivity index (χ1n) is 6.53. The maximum Gasteiger partial charge on any atom is 0.201 e. The van der Waals surface area contributed by atoms with Gasteiger partial charge in [0.15, 0.2) is 6.61 Å². The first kappa shape index (κ1) is 14.8. The number of Topliss-reactive ketones (excluding diaryl/α,β-unsaturated/α-hetero) is 1. The molecule has 20 heavy (non-hydrogen) atoms. The van der Waals surface area contributed by atoms with Crippen LogP contribution in [0.1, 0.15) is 25.7 Å². The molecule has 2 rings (SSSR count). The number of carbonyl (C=O) groups is 1. The third-order valence-corrected chi connectivity index (χ3v) is 4.00. The van der Waals surface area contributed by atoms with E-state index in [2.05, 4.69) is 0 Å². The fraction of sp³-hybridized carbons (Fsp3) is 0.312. The molecule has 0 saturated carbocycles. The van der Waals surface area contributed by atoms with Crippen LogP contribution in [0.5, 0.6) is 5.75 Å². The van der Waals surface area contributed by atoms with Gasteiger partial charge in [-0.05, 0) is 44.0 Å². The van der Waals surface area contributed by atoms with Crippen LogP contribution in [0, 0.1) is 13.8 Å². The Morgan fingerprint density at radius 3 is 2.50 bits per heavy atom. The average molecular weight is 290 g/mol. The highest BCUT2D eigenvalue weighted by atomic mass is 32.1. The third-order valence-electron chi connectivity index (χ3n) is 3.04. The second-order valence-corrected chi connectivity index (χ2v) is 6.12. The molecular weight excluding hydrogens is 272 g/mol. The first-order valence-corrected chi connectivity index (χ1v) is 7.34. The molecule has 0 unspecified atom stereocenters. The van der Waals surface area contributed by atoms with E-state index >= 15 is 0 Å². The van der Waals surface area contributed by atoms with Crippen LogP contribution in [0.25, 0.3) is 0 Å². The quantitative estimate of drug-likeness (QED) is 0.831. The minimum absolute atomic E-state index is 0.00582. The number of carbonyl (C=O) groups excluding carboxylic acids is 1. The Labute approximate surface area is 122 Å². The summed E-state index contributed by atoms with van der Waals surface area (Å²) in [4.78, 5) is 14.2. The molecule has 2 aromatic rings. The normalized spacial score (nSPS) is 10.6. The van der Waals surface area contributed by atoms with Crippen molar-refractivity contribution in [2.45, 2.75) is 20.3 Å². The number of thiophene rings is 1. The SMILES string of the molecule is Cc1cc(C(=O)COc2ccc(CCO)cc2)c(C)s1. The summed E-state index contributed by atoms with van der Waals surface area (Å²) in [6.07, 6.45) is 0.632. The summed E-state index contributed by atoms with van der Waals surface area (Å²) in [5.74, 6) is 0.677. The van der Waals surface area contributed by atoms with E-state index in [0.717, 1.165) is 20.9 Å². The monoisotopic (exact) mass is 290 g/mol. The summed E-state index contributed by atoms with van der Waals surface area (Å²) < 4.78 is 5.51. The predicted octanol–water partition coefficient (Wildman–Crippen LogP) is 3.16. The number of hydrogen-bond acceptors (Lipinski definition) is 4. The van der Waals surface area contributed by atoms with Crippen LogP contribution in [-0.4, -0.2) is 24.1 Å². The van der Waals surface area contributed by atoms with Crippen molar-refractivity contribution in [1.29, 1.82) is 0 Å². The van der Waals surface area contributed by atoms with Crippen molar-refractivity contribution in [2.75, 3.05) is 13.2 Å². The zero-order valence-electron chi connectivity index (χ0n) is 11.7.